The van der Waals surface area contributed by atoms with Crippen LogP contribution in [0.1, 0.15) is 66.0 Å². The average Bonchev–Trinajstić information content (AvgIpc) is 3.37. The van der Waals surface area contributed by atoms with Gasteiger partial charge in [0, 0.05) is 29.4 Å². The Morgan fingerprint density at radius 1 is 1.08 bits per heavy atom. The molecule has 0 fully saturated rings. The number of aromatic amines is 1. The standard InChI is InChI=1S/C28H35N5O5/c1-6-33-18(5)20(15-29-33)12-13-22(34)30-21(19-10-8-7-9-11-19)14-23(35)31-25(16(2)3)26(36)24-17(4)27(37)32-28(24)38/h7-13,15-16,21,25,32,37-38H,6,14H2,1-5H3,(H,30,34)(H,31,35)/t21-,25-/m0/s1. The number of hydrogen-bond acceptors (Lipinski definition) is 6. The van der Waals surface area contributed by atoms with E-state index >= 15 is 0 Å². The zero-order valence-corrected chi connectivity index (χ0v) is 22.3. The molecule has 10 nitrogen and oxygen atoms in total. The first kappa shape index (κ1) is 28.2. The van der Waals surface area contributed by atoms with Crippen molar-refractivity contribution in [2.45, 2.75) is 59.7 Å². The van der Waals surface area contributed by atoms with Gasteiger partial charge in [-0.15, -0.1) is 0 Å². The van der Waals surface area contributed by atoms with Crippen molar-refractivity contribution in [2.75, 3.05) is 0 Å². The summed E-state index contributed by atoms with van der Waals surface area (Å²) in [5.74, 6) is -2.42. The Balaban J connectivity index is 1.76. The van der Waals surface area contributed by atoms with Crippen LogP contribution in [0.4, 0.5) is 0 Å². The smallest absolute Gasteiger partial charge is 0.244 e. The summed E-state index contributed by atoms with van der Waals surface area (Å²) in [4.78, 5) is 41.5. The van der Waals surface area contributed by atoms with Gasteiger partial charge >= 0.3 is 0 Å². The number of benzene rings is 1. The first-order chi connectivity index (χ1) is 18.0. The molecule has 0 aliphatic carbocycles. The van der Waals surface area contributed by atoms with Gasteiger partial charge in [0.05, 0.1) is 30.3 Å². The first-order valence-corrected chi connectivity index (χ1v) is 12.5. The predicted molar refractivity (Wildman–Crippen MR) is 144 cm³/mol. The number of nitrogens with zero attached hydrogens (tertiary/aromatic N) is 2. The van der Waals surface area contributed by atoms with Gasteiger partial charge in [0.15, 0.2) is 11.7 Å². The van der Waals surface area contributed by atoms with E-state index in [1.807, 2.05) is 48.9 Å². The highest BCUT2D eigenvalue weighted by atomic mass is 16.3. The quantitative estimate of drug-likeness (QED) is 0.192. The van der Waals surface area contributed by atoms with E-state index in [1.54, 1.807) is 26.1 Å². The van der Waals surface area contributed by atoms with E-state index in [0.29, 0.717) is 0 Å². The summed E-state index contributed by atoms with van der Waals surface area (Å²) in [6.07, 6.45) is 4.66. The Labute approximate surface area is 221 Å². The summed E-state index contributed by atoms with van der Waals surface area (Å²) in [5.41, 5.74) is 2.63. The molecule has 5 N–H and O–H groups in total. The average molecular weight is 522 g/mol. The van der Waals surface area contributed by atoms with E-state index in [1.165, 1.54) is 13.0 Å². The minimum atomic E-state index is -0.951. The van der Waals surface area contributed by atoms with Gasteiger partial charge in [-0.3, -0.25) is 24.0 Å². The van der Waals surface area contributed by atoms with Crippen LogP contribution in [0.3, 0.4) is 0 Å². The molecule has 38 heavy (non-hydrogen) atoms. The molecule has 0 unspecified atom stereocenters. The minimum Gasteiger partial charge on any atom is -0.494 e. The summed E-state index contributed by atoms with van der Waals surface area (Å²) >= 11 is 0. The van der Waals surface area contributed by atoms with Crippen LogP contribution >= 0.6 is 0 Å². The van der Waals surface area contributed by atoms with Crippen LogP contribution in [-0.4, -0.2) is 48.6 Å². The van der Waals surface area contributed by atoms with Crippen molar-refractivity contribution in [3.8, 4) is 11.8 Å². The zero-order chi connectivity index (χ0) is 28.0. The number of hydrogen-bond donors (Lipinski definition) is 5. The molecule has 3 aromatic rings. The lowest BCUT2D eigenvalue weighted by molar-refractivity contribution is -0.123. The van der Waals surface area contributed by atoms with Crippen LogP contribution < -0.4 is 10.6 Å². The van der Waals surface area contributed by atoms with Crippen molar-refractivity contribution in [1.82, 2.24) is 25.4 Å². The second kappa shape index (κ2) is 12.3. The fourth-order valence-electron chi connectivity index (χ4n) is 4.24. The number of aryl methyl sites for hydroxylation is 1. The number of nitrogens with one attached hydrogen (secondary N) is 3. The Morgan fingerprint density at radius 3 is 2.32 bits per heavy atom. The number of amides is 2. The van der Waals surface area contributed by atoms with Crippen LogP contribution in [0.2, 0.25) is 0 Å². The monoisotopic (exact) mass is 521 g/mol. The molecule has 2 aromatic heterocycles. The fourth-order valence-corrected chi connectivity index (χ4v) is 4.24. The summed E-state index contributed by atoms with van der Waals surface area (Å²) in [7, 11) is 0. The summed E-state index contributed by atoms with van der Waals surface area (Å²) in [6, 6.07) is 7.49. The number of carbonyl (C=O) groups is 3. The van der Waals surface area contributed by atoms with Crippen molar-refractivity contribution in [2.24, 2.45) is 5.92 Å². The zero-order valence-electron chi connectivity index (χ0n) is 22.3. The number of Topliss-reactive ketones (excluding diaryl/α,β-unsaturated/α-hetero) is 1. The molecule has 2 atom stereocenters. The molecule has 3 rings (SSSR count). The first-order valence-electron chi connectivity index (χ1n) is 12.5. The lowest BCUT2D eigenvalue weighted by Gasteiger charge is -2.24. The molecule has 0 bridgehead atoms. The third-order valence-electron chi connectivity index (χ3n) is 6.48. The van der Waals surface area contributed by atoms with Crippen molar-refractivity contribution in [3.05, 3.63) is 70.6 Å². The summed E-state index contributed by atoms with van der Waals surface area (Å²) in [6.45, 7) is 9.67. The third-order valence-corrected chi connectivity index (χ3v) is 6.48. The van der Waals surface area contributed by atoms with Gasteiger partial charge in [-0.2, -0.15) is 5.10 Å². The largest absolute Gasteiger partial charge is 0.494 e. The van der Waals surface area contributed by atoms with Gasteiger partial charge in [-0.1, -0.05) is 44.2 Å². The van der Waals surface area contributed by atoms with Crippen molar-refractivity contribution in [3.63, 3.8) is 0 Å². The van der Waals surface area contributed by atoms with Crippen LogP contribution in [0.15, 0.2) is 42.6 Å². The van der Waals surface area contributed by atoms with E-state index in [2.05, 4.69) is 20.7 Å². The Bertz CT molecular complexity index is 1320. The molecule has 0 saturated carbocycles. The van der Waals surface area contributed by atoms with E-state index in [-0.39, 0.29) is 35.3 Å². The molecule has 0 aliphatic heterocycles. The molecular formula is C28H35N5O5. The van der Waals surface area contributed by atoms with Gasteiger partial charge in [0.1, 0.15) is 0 Å². The highest BCUT2D eigenvalue weighted by Crippen LogP contribution is 2.30. The van der Waals surface area contributed by atoms with Crippen LogP contribution in [-0.2, 0) is 16.1 Å². The predicted octanol–water partition coefficient (Wildman–Crippen LogP) is 3.54. The normalized spacial score (nSPS) is 13.0. The van der Waals surface area contributed by atoms with Gasteiger partial charge in [0.25, 0.3) is 0 Å². The highest BCUT2D eigenvalue weighted by molar-refractivity contribution is 6.05. The van der Waals surface area contributed by atoms with E-state index < -0.39 is 29.7 Å². The maximum absolute atomic E-state index is 13.2. The number of aromatic nitrogens is 3. The SMILES string of the molecule is CCn1ncc(C=CC(=O)N[C@@H](CC(=O)N[C@H](C(=O)c2c(O)[nH]c(O)c2C)C(C)C)c2ccccc2)c1C. The molecule has 0 radical (unpaired) electrons. The topological polar surface area (TPSA) is 149 Å². The summed E-state index contributed by atoms with van der Waals surface area (Å²) in [5, 5.41) is 29.8. The molecular weight excluding hydrogens is 486 g/mol. The van der Waals surface area contributed by atoms with Crippen LogP contribution in [0.5, 0.6) is 11.8 Å². The number of rotatable bonds is 11. The fraction of sp³-hybridized carbons (Fsp3) is 0.357. The lowest BCUT2D eigenvalue weighted by atomic mass is 9.93. The van der Waals surface area contributed by atoms with Gasteiger partial charge in [-0.25, -0.2) is 0 Å². The third kappa shape index (κ3) is 6.50. The summed E-state index contributed by atoms with van der Waals surface area (Å²) < 4.78 is 1.83. The van der Waals surface area contributed by atoms with Crippen molar-refractivity contribution < 1.29 is 24.6 Å². The van der Waals surface area contributed by atoms with Crippen molar-refractivity contribution >= 4 is 23.7 Å². The molecule has 0 aliphatic rings. The maximum Gasteiger partial charge on any atom is 0.244 e. The number of H-pyrrole nitrogens is 1. The molecule has 202 valence electrons. The Morgan fingerprint density at radius 2 is 1.76 bits per heavy atom. The minimum absolute atomic E-state index is 0.0683. The second-order valence-corrected chi connectivity index (χ2v) is 9.49. The Hall–Kier alpha value is -4.34. The second-order valence-electron chi connectivity index (χ2n) is 9.49. The Kier molecular flexibility index (Phi) is 9.11. The number of aromatic hydroxyl groups is 2. The number of carbonyl (C=O) groups excluding carboxylic acids is 3. The molecule has 2 heterocycles. The molecule has 0 saturated heterocycles. The van der Waals surface area contributed by atoms with Gasteiger partial charge < -0.3 is 20.8 Å². The van der Waals surface area contributed by atoms with Gasteiger partial charge in [-0.05, 0) is 38.3 Å². The van der Waals surface area contributed by atoms with E-state index in [4.69, 9.17) is 0 Å². The lowest BCUT2D eigenvalue weighted by Crippen LogP contribution is -2.45. The maximum atomic E-state index is 13.2. The molecule has 10 heteroatoms. The van der Waals surface area contributed by atoms with Crippen molar-refractivity contribution in [1.29, 1.82) is 0 Å². The van der Waals surface area contributed by atoms with Gasteiger partial charge in [0.2, 0.25) is 17.7 Å². The van der Waals surface area contributed by atoms with E-state index in [0.717, 1.165) is 23.4 Å². The van der Waals surface area contributed by atoms with Crippen LogP contribution in [0, 0.1) is 19.8 Å². The highest BCUT2D eigenvalue weighted by Gasteiger charge is 2.31. The van der Waals surface area contributed by atoms with E-state index in [9.17, 15) is 24.6 Å². The van der Waals surface area contributed by atoms with Crippen LogP contribution in [0.25, 0.3) is 6.08 Å². The molecule has 2 amide bonds. The molecule has 0 spiro atoms. The number of ketones is 1. The molecule has 1 aromatic carbocycles.